The first-order valence-corrected chi connectivity index (χ1v) is 14.5. The minimum Gasteiger partial charge on any atom is -0.494 e. The molecule has 1 aliphatic heterocycles. The molecule has 1 heterocycles. The second kappa shape index (κ2) is 16.4. The van der Waals surface area contributed by atoms with Crippen molar-refractivity contribution >= 4 is 5.97 Å². The number of unbranched alkanes of at least 4 members (excludes halogenated alkanes) is 6. The third-order valence-corrected chi connectivity index (χ3v) is 7.56. The summed E-state index contributed by atoms with van der Waals surface area (Å²) in [6.45, 7) is 3.43. The smallest absolute Gasteiger partial charge is 0.306 e. The molecule has 0 radical (unpaired) electrons. The number of likely N-dealkylation sites (tertiary alicyclic amines) is 1. The van der Waals surface area contributed by atoms with E-state index in [2.05, 4.69) is 18.9 Å². The zero-order valence-corrected chi connectivity index (χ0v) is 23.9. The maximum absolute atomic E-state index is 14.0. The predicted octanol–water partition coefficient (Wildman–Crippen LogP) is 7.28. The Morgan fingerprint density at radius 3 is 2.51 bits per heavy atom. The minimum absolute atomic E-state index is 0.0777. The summed E-state index contributed by atoms with van der Waals surface area (Å²) >= 11 is 0. The van der Waals surface area contributed by atoms with Crippen LogP contribution in [-0.2, 0) is 22.4 Å². The second-order valence-corrected chi connectivity index (χ2v) is 10.7. The van der Waals surface area contributed by atoms with Crippen molar-refractivity contribution in [2.75, 3.05) is 27.3 Å². The molecule has 216 valence electrons. The summed E-state index contributed by atoms with van der Waals surface area (Å²) in [4.78, 5) is 14.5. The van der Waals surface area contributed by atoms with Crippen LogP contribution in [0.15, 0.2) is 36.4 Å². The van der Waals surface area contributed by atoms with Gasteiger partial charge in [0.15, 0.2) is 11.6 Å². The van der Waals surface area contributed by atoms with E-state index in [1.165, 1.54) is 57.4 Å². The van der Waals surface area contributed by atoms with Crippen LogP contribution in [0.3, 0.4) is 0 Å². The fourth-order valence-corrected chi connectivity index (χ4v) is 5.25. The molecule has 0 saturated carbocycles. The highest BCUT2D eigenvalue weighted by atomic mass is 19.1. The molecule has 1 saturated heterocycles. The van der Waals surface area contributed by atoms with Gasteiger partial charge in [0.1, 0.15) is 17.7 Å². The number of ether oxygens (including phenoxy) is 3. The fourth-order valence-electron chi connectivity index (χ4n) is 5.25. The summed E-state index contributed by atoms with van der Waals surface area (Å²) in [7, 11) is 3.49. The quantitative estimate of drug-likeness (QED) is 0.154. The van der Waals surface area contributed by atoms with Gasteiger partial charge in [-0.05, 0) is 74.2 Å². The molecule has 1 fully saturated rings. The van der Waals surface area contributed by atoms with Crippen LogP contribution in [0.2, 0.25) is 0 Å². The van der Waals surface area contributed by atoms with Crippen molar-refractivity contribution < 1.29 is 27.8 Å². The second-order valence-electron chi connectivity index (χ2n) is 10.7. The van der Waals surface area contributed by atoms with E-state index in [4.69, 9.17) is 14.2 Å². The standard InChI is InChI=1S/C32H45F2NO4/c1-4-5-6-7-8-9-10-11-32(36)39-28-22-27(35(2)23-28)18-19-38-30-17-15-26(33)21-25(30)14-12-24-13-16-29(34)31(20-24)37-3/h13,15-17,20-21,27-28H,4-12,14,18-19,22-23H2,1-3H3. The van der Waals surface area contributed by atoms with E-state index in [1.54, 1.807) is 18.2 Å². The molecular formula is C32H45F2NO4. The molecule has 7 heteroatoms. The molecule has 2 aromatic rings. The van der Waals surface area contributed by atoms with E-state index in [9.17, 15) is 13.6 Å². The Morgan fingerprint density at radius 1 is 0.974 bits per heavy atom. The number of esters is 1. The number of methoxy groups -OCH3 is 1. The van der Waals surface area contributed by atoms with Crippen LogP contribution >= 0.6 is 0 Å². The largest absolute Gasteiger partial charge is 0.494 e. The van der Waals surface area contributed by atoms with Gasteiger partial charge in [-0.2, -0.15) is 0 Å². The third kappa shape index (κ3) is 10.4. The van der Waals surface area contributed by atoms with Crippen molar-refractivity contribution in [2.45, 2.75) is 96.1 Å². The molecular weight excluding hydrogens is 500 g/mol. The Labute approximate surface area is 232 Å². The topological polar surface area (TPSA) is 48.0 Å². The lowest BCUT2D eigenvalue weighted by molar-refractivity contribution is -0.148. The molecule has 3 rings (SSSR count). The molecule has 1 aliphatic rings. The van der Waals surface area contributed by atoms with Crippen molar-refractivity contribution in [1.82, 2.24) is 4.90 Å². The van der Waals surface area contributed by atoms with Crippen molar-refractivity contribution in [3.05, 3.63) is 59.2 Å². The lowest BCUT2D eigenvalue weighted by atomic mass is 10.0. The Balaban J connectivity index is 1.40. The highest BCUT2D eigenvalue weighted by Crippen LogP contribution is 2.26. The summed E-state index contributed by atoms with van der Waals surface area (Å²) in [5, 5.41) is 0. The van der Waals surface area contributed by atoms with Crippen LogP contribution in [0.5, 0.6) is 11.5 Å². The normalized spacial score (nSPS) is 17.4. The lowest BCUT2D eigenvalue weighted by Crippen LogP contribution is -2.27. The molecule has 0 amide bonds. The minimum atomic E-state index is -0.405. The van der Waals surface area contributed by atoms with E-state index in [0.29, 0.717) is 31.6 Å². The summed E-state index contributed by atoms with van der Waals surface area (Å²) in [6, 6.07) is 9.60. The SMILES string of the molecule is CCCCCCCCCC(=O)OC1CC(CCOc2ccc(F)cc2CCc2ccc(F)c(OC)c2)N(C)C1. The zero-order valence-electron chi connectivity index (χ0n) is 23.9. The summed E-state index contributed by atoms with van der Waals surface area (Å²) in [5.41, 5.74) is 1.68. The number of rotatable bonds is 17. The Morgan fingerprint density at radius 2 is 1.74 bits per heavy atom. The zero-order chi connectivity index (χ0) is 28.0. The van der Waals surface area contributed by atoms with E-state index < -0.39 is 5.82 Å². The van der Waals surface area contributed by atoms with E-state index in [0.717, 1.165) is 43.4 Å². The third-order valence-electron chi connectivity index (χ3n) is 7.56. The molecule has 0 aliphatic carbocycles. The van der Waals surface area contributed by atoms with Crippen LogP contribution in [0.1, 0.15) is 82.3 Å². The van der Waals surface area contributed by atoms with Gasteiger partial charge in [0.2, 0.25) is 0 Å². The number of hydrogen-bond acceptors (Lipinski definition) is 5. The number of halogens is 2. The molecule has 0 aromatic heterocycles. The first-order valence-electron chi connectivity index (χ1n) is 14.5. The van der Waals surface area contributed by atoms with Crippen LogP contribution in [0, 0.1) is 11.6 Å². The van der Waals surface area contributed by atoms with Crippen molar-refractivity contribution in [2.24, 2.45) is 0 Å². The van der Waals surface area contributed by atoms with Crippen LogP contribution in [-0.4, -0.2) is 50.3 Å². The number of carbonyl (C=O) groups excluding carboxylic acids is 1. The average molecular weight is 546 g/mol. The van der Waals surface area contributed by atoms with Gasteiger partial charge >= 0.3 is 5.97 Å². The van der Waals surface area contributed by atoms with Crippen molar-refractivity contribution in [1.29, 1.82) is 0 Å². The Hall–Kier alpha value is -2.67. The molecule has 2 unspecified atom stereocenters. The molecule has 5 nitrogen and oxygen atoms in total. The Bertz CT molecular complexity index is 1030. The highest BCUT2D eigenvalue weighted by Gasteiger charge is 2.31. The van der Waals surface area contributed by atoms with E-state index >= 15 is 0 Å². The number of nitrogens with zero attached hydrogens (tertiary/aromatic N) is 1. The molecule has 39 heavy (non-hydrogen) atoms. The first-order chi connectivity index (χ1) is 18.9. The number of carbonyl (C=O) groups is 1. The number of aryl methyl sites for hydroxylation is 2. The maximum Gasteiger partial charge on any atom is 0.306 e. The van der Waals surface area contributed by atoms with Gasteiger partial charge in [0.05, 0.1) is 13.7 Å². The van der Waals surface area contributed by atoms with E-state index in [-0.39, 0.29) is 29.7 Å². The number of benzene rings is 2. The summed E-state index contributed by atoms with van der Waals surface area (Å²) in [6.07, 6.45) is 11.4. The lowest BCUT2D eigenvalue weighted by Gasteiger charge is -2.19. The van der Waals surface area contributed by atoms with Gasteiger partial charge in [0.25, 0.3) is 0 Å². The van der Waals surface area contributed by atoms with Gasteiger partial charge < -0.3 is 14.2 Å². The van der Waals surface area contributed by atoms with Gasteiger partial charge in [-0.1, -0.05) is 51.5 Å². The van der Waals surface area contributed by atoms with Crippen molar-refractivity contribution in [3.8, 4) is 11.5 Å². The molecule has 2 aromatic carbocycles. The molecule has 2 atom stereocenters. The van der Waals surface area contributed by atoms with Gasteiger partial charge in [0, 0.05) is 25.4 Å². The van der Waals surface area contributed by atoms with Crippen LogP contribution < -0.4 is 9.47 Å². The van der Waals surface area contributed by atoms with Crippen LogP contribution in [0.4, 0.5) is 8.78 Å². The van der Waals surface area contributed by atoms with E-state index in [1.807, 2.05) is 0 Å². The molecule has 0 N–H and O–H groups in total. The molecule has 0 bridgehead atoms. The summed E-state index contributed by atoms with van der Waals surface area (Å²) < 4.78 is 44.6. The van der Waals surface area contributed by atoms with Crippen molar-refractivity contribution in [3.63, 3.8) is 0 Å². The monoisotopic (exact) mass is 545 g/mol. The predicted molar refractivity (Wildman–Crippen MR) is 150 cm³/mol. The van der Waals surface area contributed by atoms with Crippen LogP contribution in [0.25, 0.3) is 0 Å². The fraction of sp³-hybridized carbons (Fsp3) is 0.594. The average Bonchev–Trinajstić information content (AvgIpc) is 3.26. The van der Waals surface area contributed by atoms with Gasteiger partial charge in [-0.3, -0.25) is 9.69 Å². The van der Waals surface area contributed by atoms with Gasteiger partial charge in [-0.15, -0.1) is 0 Å². The molecule has 0 spiro atoms. The maximum atomic E-state index is 14.0. The summed E-state index contributed by atoms with van der Waals surface area (Å²) in [5.74, 6) is 0.0480. The number of likely N-dealkylation sites (N-methyl/N-ethyl adjacent to an activating group) is 1. The highest BCUT2D eigenvalue weighted by molar-refractivity contribution is 5.69. The number of hydrogen-bond donors (Lipinski definition) is 0. The first kappa shape index (κ1) is 30.9. The Kier molecular flexibility index (Phi) is 13.0. The van der Waals surface area contributed by atoms with Gasteiger partial charge in [-0.25, -0.2) is 8.78 Å².